The van der Waals surface area contributed by atoms with Gasteiger partial charge in [0.25, 0.3) is 5.69 Å². The van der Waals surface area contributed by atoms with Crippen LogP contribution in [0.5, 0.6) is 11.5 Å². The number of ether oxygens (including phenoxy) is 7. The Labute approximate surface area is 644 Å². The minimum Gasteiger partial charge on any atom is -0.496 e. The van der Waals surface area contributed by atoms with E-state index in [4.69, 9.17) is 48.9 Å². The number of carboxylic acid groups (broad SMARTS) is 1. The Morgan fingerprint density at radius 2 is 0.973 bits per heavy atom. The second-order valence-electron chi connectivity index (χ2n) is 22.0. The number of nitrogen functional groups attached to an aromatic ring is 1. The highest BCUT2D eigenvalue weighted by atomic mass is 35.5. The van der Waals surface area contributed by atoms with Crippen molar-refractivity contribution in [2.75, 3.05) is 99.2 Å². The van der Waals surface area contributed by atoms with Gasteiger partial charge < -0.3 is 69.8 Å². The maximum atomic E-state index is 12.8. The molecule has 0 radical (unpaired) electrons. The van der Waals surface area contributed by atoms with Crippen LogP contribution in [0.1, 0.15) is 101 Å². The zero-order chi connectivity index (χ0) is 83.0. The molecule has 0 spiro atoms. The van der Waals surface area contributed by atoms with Crippen molar-refractivity contribution in [2.45, 2.75) is 50.9 Å². The highest BCUT2D eigenvalue weighted by Crippen LogP contribution is 2.33. The van der Waals surface area contributed by atoms with Crippen molar-refractivity contribution in [1.82, 2.24) is 19.5 Å². The summed E-state index contributed by atoms with van der Waals surface area (Å²) in [5.41, 5.74) is 21.3. The first-order valence-electron chi connectivity index (χ1n) is 31.8. The molecule has 0 saturated heterocycles. The van der Waals surface area contributed by atoms with Gasteiger partial charge in [-0.3, -0.25) is 40.3 Å². The third kappa shape index (κ3) is 25.0. The Kier molecular flexibility index (Phi) is 37.1. The van der Waals surface area contributed by atoms with Gasteiger partial charge in [-0.15, -0.1) is 11.6 Å². The van der Waals surface area contributed by atoms with Gasteiger partial charge in [0.1, 0.15) is 17.2 Å². The average Bonchev–Trinajstić information content (AvgIpc) is 1.66. The molecular weight excluding hydrogens is 1500 g/mol. The summed E-state index contributed by atoms with van der Waals surface area (Å²) in [6.07, 6.45) is 4.34. The number of fused-ring (bicyclic) bond motifs is 2. The number of benzene rings is 6. The van der Waals surface area contributed by atoms with Crippen LogP contribution >= 0.6 is 35.6 Å². The molecule has 586 valence electrons. The largest absolute Gasteiger partial charge is 0.496 e. The van der Waals surface area contributed by atoms with E-state index in [-0.39, 0.29) is 40.3 Å². The molecule has 10 rings (SSSR count). The van der Waals surface area contributed by atoms with Gasteiger partial charge in [-0.1, -0.05) is 24.0 Å². The highest BCUT2D eigenvalue weighted by Gasteiger charge is 2.24. The second kappa shape index (κ2) is 44.6. The van der Waals surface area contributed by atoms with Gasteiger partial charge in [0, 0.05) is 98.9 Å². The van der Waals surface area contributed by atoms with E-state index in [1.807, 2.05) is 75.7 Å². The van der Waals surface area contributed by atoms with Crippen molar-refractivity contribution < 1.29 is 90.6 Å². The number of esters is 5. The Bertz CT molecular complexity index is 4840. The topological polar surface area (TPSA) is 440 Å². The molecule has 7 N–H and O–H groups in total. The van der Waals surface area contributed by atoms with Crippen molar-refractivity contribution in [3.8, 4) is 11.5 Å². The highest BCUT2D eigenvalue weighted by molar-refractivity contribution is 7.98. The molecule has 37 heteroatoms. The molecule has 0 saturated carbocycles. The number of methoxy groups -OCH3 is 7. The van der Waals surface area contributed by atoms with Gasteiger partial charge in [-0.2, -0.15) is 8.78 Å². The smallest absolute Gasteiger partial charge is 0.338 e. The number of nitro groups is 3. The summed E-state index contributed by atoms with van der Waals surface area (Å²) in [6, 6.07) is 25.2. The number of nitrogens with two attached hydrogens (primary N) is 2. The number of imidazole rings is 1. The van der Waals surface area contributed by atoms with Crippen LogP contribution in [0.3, 0.4) is 0 Å². The number of anilines is 4. The lowest BCUT2D eigenvalue weighted by atomic mass is 10.1. The minimum absolute atomic E-state index is 0.0550. The number of halogens is 3. The molecule has 0 amide bonds. The number of alkyl halides is 1. The molecular formula is C73H81ClF2N12O20S2. The Balaban J connectivity index is 0.000000337. The van der Waals surface area contributed by atoms with E-state index in [1.165, 1.54) is 53.7 Å². The van der Waals surface area contributed by atoms with Gasteiger partial charge in [-0.25, -0.2) is 33.8 Å². The van der Waals surface area contributed by atoms with Crippen LogP contribution in [0, 0.1) is 69.7 Å². The molecule has 0 bridgehead atoms. The van der Waals surface area contributed by atoms with Crippen molar-refractivity contribution in [1.29, 1.82) is 0 Å². The number of likely N-dealkylation sites (N-methyl/N-ethyl adjacent to an activating group) is 1. The zero-order valence-electron chi connectivity index (χ0n) is 62.6. The third-order valence-corrected chi connectivity index (χ3v) is 17.1. The monoisotopic (exact) mass is 1580 g/mol. The first-order chi connectivity index (χ1) is 52.1. The first-order valence-corrected chi connectivity index (χ1v) is 33.8. The van der Waals surface area contributed by atoms with Gasteiger partial charge >= 0.3 is 47.2 Å². The molecule has 1 aliphatic rings. The Hall–Kier alpha value is -12.5. The summed E-state index contributed by atoms with van der Waals surface area (Å²) in [5.74, 6) is -2.86. The summed E-state index contributed by atoms with van der Waals surface area (Å²) < 4.78 is 60.9. The second-order valence-corrected chi connectivity index (χ2v) is 23.7. The summed E-state index contributed by atoms with van der Waals surface area (Å²) in [6.45, 7) is 7.94. The number of nitrogens with zero attached hydrogens (tertiary/aromatic N) is 8. The predicted octanol–water partition coefficient (Wildman–Crippen LogP) is 13.0. The fourth-order valence-corrected chi connectivity index (χ4v) is 11.2. The van der Waals surface area contributed by atoms with Crippen molar-refractivity contribution >= 4 is 127 Å². The maximum Gasteiger partial charge on any atom is 0.338 e. The number of hydrogen-bond donors (Lipinski definition) is 5. The lowest BCUT2D eigenvalue weighted by Crippen LogP contribution is -2.18. The molecule has 3 aromatic heterocycles. The van der Waals surface area contributed by atoms with E-state index in [9.17, 15) is 67.9 Å². The lowest BCUT2D eigenvalue weighted by Gasteiger charge is -2.11. The van der Waals surface area contributed by atoms with Crippen LogP contribution in [0.2, 0.25) is 0 Å². The number of thioether (sulfide) groups is 1. The number of rotatable bonds is 17. The normalized spacial score (nSPS) is 10.4. The quantitative estimate of drug-likeness (QED) is 0.00826. The summed E-state index contributed by atoms with van der Waals surface area (Å²) >= 11 is 12.5. The molecule has 9 aromatic rings. The van der Waals surface area contributed by atoms with Crippen LogP contribution in [-0.2, 0) is 48.8 Å². The SMILES string of the molecule is CN.CNc1ccc(C(=O)OC)cc1N.CNc1ccc(C(=O)OC)cc1[N+](=O)[O-].COC(=O)c1ccc(F)c([N+](=O)[O-])c1.COC(=O)c1ccc2c(c1)CC(=S)N2C.COC(=O)c1ccc2c(c1)nc(SCc1ncc(C)c(OC)c1C)n2C.COc1c(C)cnc(CCl)c1C.O=C(O)c1ccc(F)c([N+](=O)[O-])c1. The predicted molar refractivity (Wildman–Crippen MR) is 414 cm³/mol. The molecule has 0 unspecified atom stereocenters. The van der Waals surface area contributed by atoms with Crippen LogP contribution in [0.25, 0.3) is 11.0 Å². The molecule has 110 heavy (non-hydrogen) atoms. The summed E-state index contributed by atoms with van der Waals surface area (Å²) in [5, 5.41) is 46.0. The first kappa shape index (κ1) is 91.7. The minimum atomic E-state index is -1.33. The molecule has 6 aromatic carbocycles. The molecule has 0 atom stereocenters. The van der Waals surface area contributed by atoms with Crippen LogP contribution in [0.4, 0.5) is 48.6 Å². The number of carbonyl (C=O) groups is 6. The Morgan fingerprint density at radius 3 is 1.41 bits per heavy atom. The van der Waals surface area contributed by atoms with E-state index in [0.29, 0.717) is 45.8 Å². The number of carbonyl (C=O) groups excluding carboxylic acids is 5. The maximum absolute atomic E-state index is 12.8. The number of aromatic nitrogens is 4. The van der Waals surface area contributed by atoms with E-state index in [1.54, 1.807) is 82.7 Å². The summed E-state index contributed by atoms with van der Waals surface area (Å²) in [7, 11) is 18.5. The van der Waals surface area contributed by atoms with Crippen LogP contribution in [0.15, 0.2) is 127 Å². The molecule has 32 nitrogen and oxygen atoms in total. The van der Waals surface area contributed by atoms with Crippen molar-refractivity contribution in [3.05, 3.63) is 236 Å². The lowest BCUT2D eigenvalue weighted by molar-refractivity contribution is -0.387. The zero-order valence-corrected chi connectivity index (χ0v) is 64.9. The van der Waals surface area contributed by atoms with Gasteiger partial charge in [-0.05, 0) is 131 Å². The fraction of sp³-hybridized carbons (Fsp3) is 0.260. The number of aromatic carboxylic acids is 1. The van der Waals surface area contributed by atoms with E-state index in [0.717, 1.165) is 127 Å². The van der Waals surface area contributed by atoms with E-state index < -0.39 is 55.7 Å². The van der Waals surface area contributed by atoms with Crippen molar-refractivity contribution in [3.63, 3.8) is 0 Å². The molecule has 1 aliphatic heterocycles. The number of thiocarbonyl (C=S) groups is 1. The van der Waals surface area contributed by atoms with Gasteiger partial charge in [0.15, 0.2) is 5.16 Å². The summed E-state index contributed by atoms with van der Waals surface area (Å²) in [4.78, 5) is 111. The number of hydrogen-bond acceptors (Lipinski definition) is 28. The van der Waals surface area contributed by atoms with Crippen LogP contribution < -0.4 is 36.5 Å². The number of pyridine rings is 2. The van der Waals surface area contributed by atoms with Crippen LogP contribution in [-0.4, -0.2) is 158 Å². The van der Waals surface area contributed by atoms with Gasteiger partial charge in [0.05, 0.1) is 143 Å². The molecule has 0 fully saturated rings. The number of nitrogens with one attached hydrogen (secondary N) is 2. The molecule has 4 heterocycles. The number of aryl methyl sites for hydroxylation is 3. The van der Waals surface area contributed by atoms with E-state index >= 15 is 0 Å². The van der Waals surface area contributed by atoms with E-state index in [2.05, 4.69) is 50.3 Å². The van der Waals surface area contributed by atoms with Gasteiger partial charge in [0.2, 0.25) is 11.6 Å². The molecule has 0 aliphatic carbocycles. The average molecular weight is 1580 g/mol. The number of nitro benzene ring substituents is 3. The number of carboxylic acids is 1. The fourth-order valence-electron chi connectivity index (χ4n) is 9.68. The third-order valence-electron chi connectivity index (χ3n) is 15.4. The van der Waals surface area contributed by atoms with Crippen molar-refractivity contribution in [2.24, 2.45) is 12.8 Å². The Morgan fingerprint density at radius 1 is 0.582 bits per heavy atom. The standard InChI is InChI=1S/C19H21N3O3S.C11H11NO2S.C9H12ClNO.C9H10N2O4.C9H12N2O2.C8H6FNO4.C7H4FNO4.CH5N/c1-11-9-20-15(12(2)17(11)24-4)10-26-19-21-14-8-13(18(23)25-5)6-7-16(14)22(19)3;1-12-9-4-3-7(11(13)14-2)5-8(9)6-10(12)15;1-6-5-11-8(4-10)7(2)9(6)12-3;1-10-7-4-3-6(9(12)15-2)5-8(7)11(13)14;1-11-8-4-3-6(5-7(8)10)9(12)13-2;1-14-8(11)5-2-3-6(9)7(4-5)10(12)13;8-5-2-1-4(7(10)11)3-6(5)9(12)13;1-2/h6-9H,10H2,1-5H3;3-5H,6H2,1-2H3;5H,4H2,1-3H3;3-5,10H,1-2H3;3-5,11H,10H2,1-2H3;2-4H,1H3;1-3H,(H,10,11);2H2,1H3.